The van der Waals surface area contributed by atoms with E-state index in [9.17, 15) is 4.39 Å². The van der Waals surface area contributed by atoms with Gasteiger partial charge in [0.25, 0.3) is 0 Å². The molecule has 0 saturated carbocycles. The molecular weight excluding hydrogens is 253 g/mol. The maximum atomic E-state index is 13.1. The molecule has 5 heteroatoms. The normalized spacial score (nSPS) is 12.7. The second kappa shape index (κ2) is 5.50. The van der Waals surface area contributed by atoms with Gasteiger partial charge in [-0.1, -0.05) is 17.7 Å². The van der Waals surface area contributed by atoms with E-state index in [0.717, 1.165) is 11.4 Å². The first-order valence-electron chi connectivity index (χ1n) is 5.76. The van der Waals surface area contributed by atoms with Crippen LogP contribution in [0.3, 0.4) is 0 Å². The third-order valence-corrected chi connectivity index (χ3v) is 2.93. The van der Waals surface area contributed by atoms with Gasteiger partial charge in [0.1, 0.15) is 11.6 Å². The van der Waals surface area contributed by atoms with Crippen LogP contribution in [-0.4, -0.2) is 15.6 Å². The smallest absolute Gasteiger partial charge is 0.141 e. The van der Waals surface area contributed by atoms with E-state index in [-0.39, 0.29) is 11.1 Å². The molecule has 0 fully saturated rings. The van der Waals surface area contributed by atoms with Gasteiger partial charge in [-0.2, -0.15) is 0 Å². The van der Waals surface area contributed by atoms with Gasteiger partial charge < -0.3 is 10.3 Å². The van der Waals surface area contributed by atoms with Crippen molar-refractivity contribution < 1.29 is 4.39 Å². The molecule has 0 bridgehead atoms. The van der Waals surface area contributed by atoms with Crippen molar-refractivity contribution in [1.82, 2.24) is 9.55 Å². The molecule has 1 atom stereocenters. The molecule has 18 heavy (non-hydrogen) atoms. The van der Waals surface area contributed by atoms with Gasteiger partial charge in [0, 0.05) is 31.4 Å². The first kappa shape index (κ1) is 13.1. The van der Waals surface area contributed by atoms with Crippen LogP contribution >= 0.6 is 11.6 Å². The van der Waals surface area contributed by atoms with Crippen LogP contribution in [0.15, 0.2) is 30.6 Å². The minimum absolute atomic E-state index is 0.0583. The summed E-state index contributed by atoms with van der Waals surface area (Å²) in [6.07, 6.45) is 4.33. The summed E-state index contributed by atoms with van der Waals surface area (Å²) in [5.41, 5.74) is 6.70. The van der Waals surface area contributed by atoms with Gasteiger partial charge in [-0.05, 0) is 24.6 Å². The largest absolute Gasteiger partial charge is 0.330 e. The van der Waals surface area contributed by atoms with Crippen LogP contribution in [0.2, 0.25) is 5.02 Å². The van der Waals surface area contributed by atoms with Crippen LogP contribution in [0.1, 0.15) is 18.3 Å². The fourth-order valence-corrected chi connectivity index (χ4v) is 2.00. The van der Waals surface area contributed by atoms with E-state index in [1.807, 2.05) is 17.7 Å². The molecule has 0 aliphatic rings. The van der Waals surface area contributed by atoms with Crippen LogP contribution < -0.4 is 5.73 Å². The van der Waals surface area contributed by atoms with E-state index in [4.69, 9.17) is 17.3 Å². The molecule has 0 aliphatic carbocycles. The monoisotopic (exact) mass is 267 g/mol. The maximum Gasteiger partial charge on any atom is 0.141 e. The molecular formula is C13H15ClFN3. The van der Waals surface area contributed by atoms with Crippen LogP contribution in [-0.2, 0) is 13.0 Å². The zero-order chi connectivity index (χ0) is 13.1. The second-order valence-electron chi connectivity index (χ2n) is 4.40. The Morgan fingerprint density at radius 3 is 2.94 bits per heavy atom. The highest BCUT2D eigenvalue weighted by Crippen LogP contribution is 2.17. The Morgan fingerprint density at radius 2 is 2.28 bits per heavy atom. The molecule has 2 N–H and O–H groups in total. The molecule has 2 aromatic rings. The third kappa shape index (κ3) is 3.09. The molecule has 1 heterocycles. The summed E-state index contributed by atoms with van der Waals surface area (Å²) in [6, 6.07) is 4.78. The predicted molar refractivity (Wildman–Crippen MR) is 70.1 cm³/mol. The summed E-state index contributed by atoms with van der Waals surface area (Å²) >= 11 is 5.76. The average Bonchev–Trinajstić information content (AvgIpc) is 2.70. The molecule has 0 aliphatic heterocycles. The Bertz CT molecular complexity index is 537. The lowest BCUT2D eigenvalue weighted by atomic mass is 10.2. The van der Waals surface area contributed by atoms with E-state index >= 15 is 0 Å². The van der Waals surface area contributed by atoms with Crippen molar-refractivity contribution in [3.8, 4) is 0 Å². The summed E-state index contributed by atoms with van der Waals surface area (Å²) in [5, 5.41) is 0.140. The molecule has 3 nitrogen and oxygen atoms in total. The lowest BCUT2D eigenvalue weighted by molar-refractivity contribution is 0.624. The van der Waals surface area contributed by atoms with Crippen LogP contribution in [0.5, 0.6) is 0 Å². The fourth-order valence-electron chi connectivity index (χ4n) is 1.80. The average molecular weight is 268 g/mol. The van der Waals surface area contributed by atoms with Gasteiger partial charge in [0.2, 0.25) is 0 Å². The molecule has 2 rings (SSSR count). The highest BCUT2D eigenvalue weighted by Gasteiger charge is 2.07. The number of imidazole rings is 1. The van der Waals surface area contributed by atoms with Gasteiger partial charge in [0.05, 0.1) is 5.02 Å². The molecule has 0 amide bonds. The first-order valence-corrected chi connectivity index (χ1v) is 6.13. The lowest BCUT2D eigenvalue weighted by Gasteiger charge is -2.10. The number of hydrogen-bond acceptors (Lipinski definition) is 2. The third-order valence-electron chi connectivity index (χ3n) is 2.64. The van der Waals surface area contributed by atoms with Gasteiger partial charge >= 0.3 is 0 Å². The summed E-state index contributed by atoms with van der Waals surface area (Å²) in [6.45, 7) is 2.55. The molecule has 0 radical (unpaired) electrons. The van der Waals surface area contributed by atoms with Gasteiger partial charge in [-0.25, -0.2) is 9.37 Å². The number of aromatic nitrogens is 2. The van der Waals surface area contributed by atoms with Crippen molar-refractivity contribution in [2.24, 2.45) is 5.73 Å². The van der Waals surface area contributed by atoms with E-state index in [0.29, 0.717) is 13.0 Å². The highest BCUT2D eigenvalue weighted by atomic mass is 35.5. The topological polar surface area (TPSA) is 43.8 Å². The van der Waals surface area contributed by atoms with E-state index in [1.165, 1.54) is 6.07 Å². The van der Waals surface area contributed by atoms with Crippen molar-refractivity contribution in [2.75, 3.05) is 0 Å². The minimum atomic E-state index is -0.401. The van der Waals surface area contributed by atoms with E-state index in [1.54, 1.807) is 18.3 Å². The molecule has 1 aromatic heterocycles. The fraction of sp³-hybridized carbons (Fsp3) is 0.308. The predicted octanol–water partition coefficient (Wildman–Crippen LogP) is 2.61. The Kier molecular flexibility index (Phi) is 3.99. The summed E-state index contributed by atoms with van der Waals surface area (Å²) in [4.78, 5) is 4.27. The standard InChI is InChI=1S/C13H15ClFN3/c1-9(16)6-13-17-4-5-18(13)8-10-2-3-12(15)11(14)7-10/h2-5,7,9H,6,8,16H2,1H3. The van der Waals surface area contributed by atoms with Crippen LogP contribution in [0, 0.1) is 5.82 Å². The van der Waals surface area contributed by atoms with Crippen molar-refractivity contribution in [3.05, 3.63) is 52.8 Å². The molecule has 1 aromatic carbocycles. The van der Waals surface area contributed by atoms with Gasteiger partial charge in [-0.3, -0.25) is 0 Å². The Balaban J connectivity index is 2.18. The molecule has 0 spiro atoms. The number of nitrogens with zero attached hydrogens (tertiary/aromatic N) is 2. The maximum absolute atomic E-state index is 13.1. The van der Waals surface area contributed by atoms with Crippen molar-refractivity contribution in [3.63, 3.8) is 0 Å². The quantitative estimate of drug-likeness (QED) is 0.925. The zero-order valence-corrected chi connectivity index (χ0v) is 10.9. The second-order valence-corrected chi connectivity index (χ2v) is 4.81. The van der Waals surface area contributed by atoms with Crippen molar-refractivity contribution >= 4 is 11.6 Å². The molecule has 1 unspecified atom stereocenters. The molecule has 0 saturated heterocycles. The van der Waals surface area contributed by atoms with Gasteiger partial charge in [0.15, 0.2) is 0 Å². The van der Waals surface area contributed by atoms with Crippen molar-refractivity contribution in [1.29, 1.82) is 0 Å². The Labute approximate surface area is 110 Å². The van der Waals surface area contributed by atoms with Crippen LogP contribution in [0.4, 0.5) is 4.39 Å². The first-order chi connectivity index (χ1) is 8.56. The molecule has 96 valence electrons. The van der Waals surface area contributed by atoms with Crippen molar-refractivity contribution in [2.45, 2.75) is 25.9 Å². The Hall–Kier alpha value is -1.39. The number of rotatable bonds is 4. The van der Waals surface area contributed by atoms with E-state index in [2.05, 4.69) is 4.98 Å². The number of benzene rings is 1. The summed E-state index contributed by atoms with van der Waals surface area (Å²) in [7, 11) is 0. The summed E-state index contributed by atoms with van der Waals surface area (Å²) < 4.78 is 15.1. The van der Waals surface area contributed by atoms with Gasteiger partial charge in [-0.15, -0.1) is 0 Å². The van der Waals surface area contributed by atoms with E-state index < -0.39 is 5.82 Å². The minimum Gasteiger partial charge on any atom is -0.330 e. The highest BCUT2D eigenvalue weighted by molar-refractivity contribution is 6.30. The lowest BCUT2D eigenvalue weighted by Crippen LogP contribution is -2.20. The Morgan fingerprint density at radius 1 is 1.50 bits per heavy atom. The number of nitrogens with two attached hydrogens (primary N) is 1. The SMILES string of the molecule is CC(N)Cc1nccn1Cc1ccc(F)c(Cl)c1. The van der Waals surface area contributed by atoms with Crippen LogP contribution in [0.25, 0.3) is 0 Å². The number of hydrogen-bond donors (Lipinski definition) is 1. The summed E-state index contributed by atoms with van der Waals surface area (Å²) in [5.74, 6) is 0.521. The number of halogens is 2. The zero-order valence-electron chi connectivity index (χ0n) is 10.1.